The van der Waals surface area contributed by atoms with Crippen molar-refractivity contribution in [2.45, 2.75) is 6.92 Å². The predicted molar refractivity (Wildman–Crippen MR) is 74.0 cm³/mol. The zero-order chi connectivity index (χ0) is 13.8. The lowest BCUT2D eigenvalue weighted by Gasteiger charge is -2.33. The highest BCUT2D eigenvalue weighted by Gasteiger charge is 2.23. The lowest BCUT2D eigenvalue weighted by atomic mass is 10.3. The Balaban J connectivity index is 1.92. The van der Waals surface area contributed by atoms with Crippen LogP contribution in [-0.4, -0.2) is 48.0 Å². The number of hydrogen-bond donors (Lipinski definition) is 0. The van der Waals surface area contributed by atoms with Gasteiger partial charge in [0.15, 0.2) is 0 Å². The standard InChI is InChI=1S/C13H15BrN2O3/c1-10(17)15-6-8-16(9-7-15)13(18)19-12-5-3-2-4-11(12)14/h2-5H,6-9H2,1H3. The van der Waals surface area contributed by atoms with Crippen molar-refractivity contribution in [2.75, 3.05) is 26.2 Å². The average Bonchev–Trinajstić information content (AvgIpc) is 2.41. The molecular weight excluding hydrogens is 312 g/mol. The molecule has 0 bridgehead atoms. The molecule has 1 heterocycles. The Bertz CT molecular complexity index is 485. The second kappa shape index (κ2) is 6.06. The lowest BCUT2D eigenvalue weighted by Crippen LogP contribution is -2.50. The molecule has 1 aliphatic rings. The second-order valence-electron chi connectivity index (χ2n) is 4.29. The molecule has 1 fully saturated rings. The molecule has 1 aromatic rings. The number of carbonyl (C=O) groups excluding carboxylic acids is 2. The third-order valence-corrected chi connectivity index (χ3v) is 3.67. The van der Waals surface area contributed by atoms with E-state index in [4.69, 9.17) is 4.74 Å². The van der Waals surface area contributed by atoms with Crippen LogP contribution >= 0.6 is 15.9 Å². The van der Waals surface area contributed by atoms with E-state index in [0.29, 0.717) is 31.9 Å². The van der Waals surface area contributed by atoms with E-state index in [1.165, 1.54) is 6.92 Å². The van der Waals surface area contributed by atoms with E-state index >= 15 is 0 Å². The van der Waals surface area contributed by atoms with Crippen LogP contribution in [0.5, 0.6) is 5.75 Å². The topological polar surface area (TPSA) is 49.9 Å². The summed E-state index contributed by atoms with van der Waals surface area (Å²) in [5.74, 6) is 0.542. The number of hydrogen-bond acceptors (Lipinski definition) is 3. The minimum Gasteiger partial charge on any atom is -0.409 e. The number of rotatable bonds is 1. The van der Waals surface area contributed by atoms with Crippen molar-refractivity contribution < 1.29 is 14.3 Å². The van der Waals surface area contributed by atoms with Gasteiger partial charge in [0.2, 0.25) is 5.91 Å². The zero-order valence-corrected chi connectivity index (χ0v) is 12.2. The van der Waals surface area contributed by atoms with Crippen LogP contribution in [0.25, 0.3) is 0 Å². The largest absolute Gasteiger partial charge is 0.415 e. The highest BCUT2D eigenvalue weighted by molar-refractivity contribution is 9.10. The van der Waals surface area contributed by atoms with E-state index in [0.717, 1.165) is 4.47 Å². The van der Waals surface area contributed by atoms with Crippen molar-refractivity contribution in [3.63, 3.8) is 0 Å². The minimum atomic E-state index is -0.380. The van der Waals surface area contributed by atoms with Crippen LogP contribution in [0.1, 0.15) is 6.92 Å². The Kier molecular flexibility index (Phi) is 4.42. The summed E-state index contributed by atoms with van der Waals surface area (Å²) in [5, 5.41) is 0. The van der Waals surface area contributed by atoms with Gasteiger partial charge in [-0.25, -0.2) is 4.79 Å². The number of para-hydroxylation sites is 1. The van der Waals surface area contributed by atoms with Crippen LogP contribution in [0.3, 0.4) is 0 Å². The average molecular weight is 327 g/mol. The molecular formula is C13H15BrN2O3. The third-order valence-electron chi connectivity index (χ3n) is 3.02. The van der Waals surface area contributed by atoms with Crippen LogP contribution in [-0.2, 0) is 4.79 Å². The molecule has 1 aromatic carbocycles. The quantitative estimate of drug-likeness (QED) is 0.794. The number of halogens is 1. The SMILES string of the molecule is CC(=O)N1CCN(C(=O)Oc2ccccc2Br)CC1. The van der Waals surface area contributed by atoms with Crippen LogP contribution in [0.4, 0.5) is 4.79 Å². The van der Waals surface area contributed by atoms with Gasteiger partial charge in [-0.05, 0) is 28.1 Å². The van der Waals surface area contributed by atoms with E-state index in [2.05, 4.69) is 15.9 Å². The van der Waals surface area contributed by atoms with E-state index < -0.39 is 0 Å². The van der Waals surface area contributed by atoms with Crippen molar-refractivity contribution >= 4 is 27.9 Å². The first kappa shape index (κ1) is 13.9. The van der Waals surface area contributed by atoms with Crippen molar-refractivity contribution in [2.24, 2.45) is 0 Å². The fourth-order valence-electron chi connectivity index (χ4n) is 1.89. The number of nitrogens with zero attached hydrogens (tertiary/aromatic N) is 2. The van der Waals surface area contributed by atoms with Crippen molar-refractivity contribution in [1.82, 2.24) is 9.80 Å². The van der Waals surface area contributed by atoms with E-state index in [-0.39, 0.29) is 12.0 Å². The van der Waals surface area contributed by atoms with Gasteiger partial charge in [-0.1, -0.05) is 12.1 Å². The molecule has 2 rings (SSSR count). The Morgan fingerprint density at radius 2 is 1.68 bits per heavy atom. The Hall–Kier alpha value is -1.56. The Labute approximate surface area is 120 Å². The van der Waals surface area contributed by atoms with Crippen molar-refractivity contribution in [3.05, 3.63) is 28.7 Å². The maximum absolute atomic E-state index is 12.0. The number of carbonyl (C=O) groups is 2. The minimum absolute atomic E-state index is 0.0406. The summed E-state index contributed by atoms with van der Waals surface area (Å²) in [4.78, 5) is 26.5. The van der Waals surface area contributed by atoms with E-state index in [1.807, 2.05) is 12.1 Å². The first-order chi connectivity index (χ1) is 9.08. The molecule has 5 nitrogen and oxygen atoms in total. The summed E-state index contributed by atoms with van der Waals surface area (Å²) < 4.78 is 6.06. The molecule has 0 aliphatic carbocycles. The van der Waals surface area contributed by atoms with Gasteiger partial charge in [0.05, 0.1) is 4.47 Å². The molecule has 2 amide bonds. The van der Waals surface area contributed by atoms with Crippen LogP contribution in [0, 0.1) is 0 Å². The molecule has 102 valence electrons. The molecule has 0 aromatic heterocycles. The van der Waals surface area contributed by atoms with Gasteiger partial charge >= 0.3 is 6.09 Å². The summed E-state index contributed by atoms with van der Waals surface area (Å²) in [6.45, 7) is 3.65. The number of piperazine rings is 1. The normalized spacial score (nSPS) is 15.3. The molecule has 6 heteroatoms. The van der Waals surface area contributed by atoms with Gasteiger partial charge in [-0.15, -0.1) is 0 Å². The zero-order valence-electron chi connectivity index (χ0n) is 10.6. The van der Waals surface area contributed by atoms with E-state index in [1.54, 1.807) is 21.9 Å². The van der Waals surface area contributed by atoms with Gasteiger partial charge in [0, 0.05) is 33.1 Å². The number of amides is 2. The van der Waals surface area contributed by atoms with Gasteiger partial charge < -0.3 is 14.5 Å². The molecule has 0 saturated carbocycles. The highest BCUT2D eigenvalue weighted by Crippen LogP contribution is 2.24. The highest BCUT2D eigenvalue weighted by atomic mass is 79.9. The predicted octanol–water partition coefficient (Wildman–Crippen LogP) is 2.11. The maximum atomic E-state index is 12.0. The number of ether oxygens (including phenoxy) is 1. The van der Waals surface area contributed by atoms with Gasteiger partial charge in [-0.2, -0.15) is 0 Å². The molecule has 0 spiro atoms. The molecule has 0 atom stereocenters. The lowest BCUT2D eigenvalue weighted by molar-refractivity contribution is -0.130. The monoisotopic (exact) mass is 326 g/mol. The molecule has 0 unspecified atom stereocenters. The van der Waals surface area contributed by atoms with Gasteiger partial charge in [-0.3, -0.25) is 4.79 Å². The fourth-order valence-corrected chi connectivity index (χ4v) is 2.26. The fraction of sp³-hybridized carbons (Fsp3) is 0.385. The molecule has 0 N–H and O–H groups in total. The molecule has 1 saturated heterocycles. The van der Waals surface area contributed by atoms with Crippen LogP contribution < -0.4 is 4.74 Å². The van der Waals surface area contributed by atoms with Crippen LogP contribution in [0.15, 0.2) is 28.7 Å². The Morgan fingerprint density at radius 1 is 1.11 bits per heavy atom. The van der Waals surface area contributed by atoms with Gasteiger partial charge in [0.25, 0.3) is 0 Å². The second-order valence-corrected chi connectivity index (χ2v) is 5.15. The first-order valence-electron chi connectivity index (χ1n) is 6.04. The summed E-state index contributed by atoms with van der Waals surface area (Å²) >= 11 is 3.33. The summed E-state index contributed by atoms with van der Waals surface area (Å²) in [6, 6.07) is 7.21. The molecule has 19 heavy (non-hydrogen) atoms. The summed E-state index contributed by atoms with van der Waals surface area (Å²) in [5.41, 5.74) is 0. The Morgan fingerprint density at radius 3 is 2.26 bits per heavy atom. The van der Waals surface area contributed by atoms with Gasteiger partial charge in [0.1, 0.15) is 5.75 Å². The molecule has 0 radical (unpaired) electrons. The summed E-state index contributed by atoms with van der Waals surface area (Å²) in [6.07, 6.45) is -0.380. The third kappa shape index (κ3) is 3.47. The van der Waals surface area contributed by atoms with Crippen molar-refractivity contribution in [1.29, 1.82) is 0 Å². The first-order valence-corrected chi connectivity index (χ1v) is 6.84. The maximum Gasteiger partial charge on any atom is 0.415 e. The van der Waals surface area contributed by atoms with Crippen molar-refractivity contribution in [3.8, 4) is 5.75 Å². The molecule has 1 aliphatic heterocycles. The van der Waals surface area contributed by atoms with E-state index in [9.17, 15) is 9.59 Å². The van der Waals surface area contributed by atoms with Crippen LogP contribution in [0.2, 0.25) is 0 Å². The smallest absolute Gasteiger partial charge is 0.409 e. The summed E-state index contributed by atoms with van der Waals surface area (Å²) in [7, 11) is 0. The number of benzene rings is 1.